The molecule has 1 aromatic heterocycles. The summed E-state index contributed by atoms with van der Waals surface area (Å²) in [6, 6.07) is 26.9. The number of carbonyl (C=O) groups excluding carboxylic acids is 1. The lowest BCUT2D eigenvalue weighted by Gasteiger charge is -2.24. The van der Waals surface area contributed by atoms with Crippen LogP contribution in [0.3, 0.4) is 0 Å². The van der Waals surface area contributed by atoms with Crippen molar-refractivity contribution in [1.29, 1.82) is 0 Å². The van der Waals surface area contributed by atoms with Crippen molar-refractivity contribution >= 4 is 51.5 Å². The van der Waals surface area contributed by atoms with Crippen LogP contribution in [0, 0.1) is 0 Å². The van der Waals surface area contributed by atoms with Crippen molar-refractivity contribution in [3.8, 4) is 17.4 Å². The Hall–Kier alpha value is -5.84. The summed E-state index contributed by atoms with van der Waals surface area (Å²) >= 11 is 0. The molecule has 0 unspecified atom stereocenters. The summed E-state index contributed by atoms with van der Waals surface area (Å²) in [5.41, 5.74) is 3.53. The quantitative estimate of drug-likeness (QED) is 0.146. The van der Waals surface area contributed by atoms with Crippen LogP contribution in [0.1, 0.15) is 33.3 Å². The molecule has 2 amide bonds. The first-order valence-electron chi connectivity index (χ1n) is 15.8. The molecular formula is C37H39N7O4. The van der Waals surface area contributed by atoms with Crippen LogP contribution in [0.2, 0.25) is 0 Å². The zero-order valence-corrected chi connectivity index (χ0v) is 27.7. The Labute approximate surface area is 280 Å². The number of aliphatic imine (C=N–C) groups is 1. The molecule has 1 aliphatic rings. The van der Waals surface area contributed by atoms with Crippen LogP contribution in [0.5, 0.6) is 17.4 Å². The Kier molecular flexibility index (Phi) is 9.29. The molecule has 246 valence electrons. The summed E-state index contributed by atoms with van der Waals surface area (Å²) in [6.45, 7) is 10.1. The molecule has 48 heavy (non-hydrogen) atoms. The normalized spacial score (nSPS) is 12.6. The lowest BCUT2D eigenvalue weighted by molar-refractivity contribution is 0.262. The molecule has 0 atom stereocenters. The summed E-state index contributed by atoms with van der Waals surface area (Å²) in [5.74, 6) is 2.00. The molecular weight excluding hydrogens is 606 g/mol. The first-order valence-corrected chi connectivity index (χ1v) is 15.8. The molecule has 3 N–H and O–H groups in total. The fraction of sp³-hybridized carbons (Fsp3) is 0.243. The maximum Gasteiger partial charge on any atom is 0.323 e. The number of urea groups is 1. The summed E-state index contributed by atoms with van der Waals surface area (Å²) in [4.78, 5) is 29.1. The summed E-state index contributed by atoms with van der Waals surface area (Å²) in [7, 11) is 1.56. The number of benzene rings is 4. The number of rotatable bonds is 9. The molecule has 0 bridgehead atoms. The number of aromatic nitrogens is 2. The van der Waals surface area contributed by atoms with E-state index in [1.54, 1.807) is 19.4 Å². The minimum atomic E-state index is -0.431. The number of amides is 2. The van der Waals surface area contributed by atoms with Crippen LogP contribution < -0.4 is 30.3 Å². The number of anilines is 5. The number of carbonyl (C=O) groups is 1. The van der Waals surface area contributed by atoms with Crippen LogP contribution in [0.15, 0.2) is 96.1 Å². The number of hydrogen-bond acceptors (Lipinski definition) is 9. The predicted molar refractivity (Wildman–Crippen MR) is 191 cm³/mol. The highest BCUT2D eigenvalue weighted by atomic mass is 16.5. The van der Waals surface area contributed by atoms with Crippen LogP contribution in [0.25, 0.3) is 10.8 Å². The maximum atomic E-state index is 13.5. The molecule has 11 nitrogen and oxygen atoms in total. The molecule has 0 fully saturated rings. The van der Waals surface area contributed by atoms with Gasteiger partial charge in [-0.25, -0.2) is 14.8 Å². The highest BCUT2D eigenvalue weighted by Crippen LogP contribution is 2.40. The second-order valence-corrected chi connectivity index (χ2v) is 12.1. The van der Waals surface area contributed by atoms with Gasteiger partial charge in [-0.15, -0.1) is 0 Å². The van der Waals surface area contributed by atoms with Crippen molar-refractivity contribution in [3.63, 3.8) is 0 Å². The lowest BCUT2D eigenvalue weighted by atomic mass is 9.86. The van der Waals surface area contributed by atoms with Crippen molar-refractivity contribution < 1.29 is 19.0 Å². The van der Waals surface area contributed by atoms with Crippen molar-refractivity contribution in [2.24, 2.45) is 4.99 Å². The highest BCUT2D eigenvalue weighted by molar-refractivity contribution is 6.08. The van der Waals surface area contributed by atoms with E-state index >= 15 is 0 Å². The summed E-state index contributed by atoms with van der Waals surface area (Å²) in [6.07, 6.45) is 1.68. The number of nitrogens with zero attached hydrogens (tertiary/aromatic N) is 4. The van der Waals surface area contributed by atoms with E-state index < -0.39 is 6.03 Å². The molecule has 0 aliphatic carbocycles. The zero-order chi connectivity index (χ0) is 33.7. The van der Waals surface area contributed by atoms with Gasteiger partial charge in [-0.3, -0.25) is 0 Å². The minimum absolute atomic E-state index is 0.208. The maximum absolute atomic E-state index is 13.5. The number of amidine groups is 1. The Morgan fingerprint density at radius 1 is 0.917 bits per heavy atom. The molecule has 6 rings (SSSR count). The van der Waals surface area contributed by atoms with Gasteiger partial charge in [0, 0.05) is 35.3 Å². The van der Waals surface area contributed by atoms with Gasteiger partial charge < -0.3 is 35.1 Å². The van der Waals surface area contributed by atoms with Gasteiger partial charge in [-0.2, -0.15) is 4.98 Å². The fourth-order valence-electron chi connectivity index (χ4n) is 5.42. The van der Waals surface area contributed by atoms with Crippen LogP contribution >= 0.6 is 0 Å². The molecule has 0 spiro atoms. The third-order valence-corrected chi connectivity index (χ3v) is 7.82. The van der Waals surface area contributed by atoms with E-state index in [0.717, 1.165) is 22.0 Å². The zero-order valence-electron chi connectivity index (χ0n) is 27.7. The van der Waals surface area contributed by atoms with Gasteiger partial charge >= 0.3 is 6.03 Å². The van der Waals surface area contributed by atoms with Gasteiger partial charge in [0.25, 0.3) is 6.02 Å². The largest absolute Gasteiger partial charge is 0.492 e. The van der Waals surface area contributed by atoms with Gasteiger partial charge in [0.2, 0.25) is 11.8 Å². The molecule has 2 heterocycles. The topological polar surface area (TPSA) is 122 Å². The summed E-state index contributed by atoms with van der Waals surface area (Å²) < 4.78 is 17.6. The number of fused-ring (bicyclic) bond motifs is 1. The van der Waals surface area contributed by atoms with Crippen LogP contribution in [-0.2, 0) is 10.2 Å². The van der Waals surface area contributed by atoms with E-state index in [2.05, 4.69) is 46.7 Å². The average molecular weight is 646 g/mol. The molecule has 11 heteroatoms. The molecule has 4 aromatic carbocycles. The van der Waals surface area contributed by atoms with E-state index in [0.29, 0.717) is 66.1 Å². The first kappa shape index (κ1) is 32.1. The smallest absolute Gasteiger partial charge is 0.323 e. The number of hydrogen-bond donors (Lipinski definition) is 3. The third kappa shape index (κ3) is 7.10. The van der Waals surface area contributed by atoms with E-state index in [9.17, 15) is 4.79 Å². The Balaban J connectivity index is 1.25. The molecule has 5 aromatic rings. The monoisotopic (exact) mass is 645 g/mol. The molecule has 0 radical (unpaired) electrons. The number of para-hydroxylation sites is 1. The van der Waals surface area contributed by atoms with E-state index in [4.69, 9.17) is 19.2 Å². The third-order valence-electron chi connectivity index (χ3n) is 7.82. The Morgan fingerprint density at radius 3 is 2.35 bits per heavy atom. The van der Waals surface area contributed by atoms with E-state index in [1.807, 2.05) is 90.7 Å². The van der Waals surface area contributed by atoms with Gasteiger partial charge in [0.1, 0.15) is 12.4 Å². The average Bonchev–Trinajstić information content (AvgIpc) is 3.60. The van der Waals surface area contributed by atoms with Gasteiger partial charge in [0.15, 0.2) is 5.75 Å². The highest BCUT2D eigenvalue weighted by Gasteiger charge is 2.23. The fourth-order valence-corrected chi connectivity index (χ4v) is 5.42. The number of methoxy groups -OCH3 is 1. The van der Waals surface area contributed by atoms with Gasteiger partial charge in [-0.1, -0.05) is 63.2 Å². The number of ether oxygens (including phenoxy) is 3. The first-order chi connectivity index (χ1) is 23.2. The van der Waals surface area contributed by atoms with Crippen molar-refractivity contribution in [1.82, 2.24) is 9.97 Å². The minimum Gasteiger partial charge on any atom is -0.492 e. The lowest BCUT2D eigenvalue weighted by Crippen LogP contribution is -2.22. The van der Waals surface area contributed by atoms with Crippen LogP contribution in [0.4, 0.5) is 33.5 Å². The van der Waals surface area contributed by atoms with Crippen molar-refractivity contribution in [2.75, 3.05) is 47.7 Å². The second-order valence-electron chi connectivity index (χ2n) is 12.1. The van der Waals surface area contributed by atoms with E-state index in [-0.39, 0.29) is 5.41 Å². The van der Waals surface area contributed by atoms with Crippen molar-refractivity contribution in [3.05, 3.63) is 96.7 Å². The standard InChI is InChI=1S/C37H39N7O4/c1-6-44(25-12-8-7-9-13-25)34-38-19-18-32(43-34)48-31-17-16-28(26-14-10-11-15-27(26)31)40-35(45)41-29-22-24(37(2,3)4)23-30(33(29)46-5)42-36-39-20-21-47-36/h7-19,22-23H,6,20-21H2,1-5H3,(H,39,42)(H2,40,41,45). The SMILES string of the molecule is CCN(c1ccccc1)c1nccc(Oc2ccc(NC(=O)Nc3cc(C(C)(C)C)cc(NC4=NCCO4)c3OC)c3ccccc23)n1. The molecule has 0 saturated carbocycles. The Morgan fingerprint density at radius 2 is 1.65 bits per heavy atom. The van der Waals surface area contributed by atoms with Crippen LogP contribution in [-0.4, -0.2) is 48.8 Å². The van der Waals surface area contributed by atoms with E-state index in [1.165, 1.54) is 0 Å². The van der Waals surface area contributed by atoms with Gasteiger partial charge in [0.05, 0.1) is 30.7 Å². The predicted octanol–water partition coefficient (Wildman–Crippen LogP) is 8.33. The van der Waals surface area contributed by atoms with Gasteiger partial charge in [-0.05, 0) is 54.3 Å². The summed E-state index contributed by atoms with van der Waals surface area (Å²) in [5, 5.41) is 10.8. The van der Waals surface area contributed by atoms with Crippen molar-refractivity contribution in [2.45, 2.75) is 33.1 Å². The molecule has 0 saturated heterocycles. The molecule has 1 aliphatic heterocycles. The second kappa shape index (κ2) is 13.9. The number of nitrogens with one attached hydrogen (secondary N) is 3. The Bertz CT molecular complexity index is 1960.